The minimum Gasteiger partial charge on any atom is -0.273 e. The number of amides is 2. The number of carbonyl (C=O) groups is 2. The number of rotatable bonds is 4. The average molecular weight is 442 g/mol. The number of hydrogen-bond donors (Lipinski definition) is 2. The van der Waals surface area contributed by atoms with Gasteiger partial charge in [0.1, 0.15) is 0 Å². The Morgan fingerprint density at radius 2 is 1.55 bits per heavy atom. The van der Waals surface area contributed by atoms with Gasteiger partial charge in [0.25, 0.3) is 5.91 Å². The monoisotopic (exact) mass is 441 g/mol. The molecule has 8 heteroatoms. The fourth-order valence-electron chi connectivity index (χ4n) is 4.26. The molecule has 31 heavy (non-hydrogen) atoms. The van der Waals surface area contributed by atoms with Crippen molar-refractivity contribution in [1.29, 1.82) is 0 Å². The fourth-order valence-corrected chi connectivity index (χ4v) is 5.78. The van der Waals surface area contributed by atoms with E-state index in [2.05, 4.69) is 10.9 Å². The van der Waals surface area contributed by atoms with Crippen molar-refractivity contribution in [2.24, 2.45) is 5.92 Å². The first-order chi connectivity index (χ1) is 14.9. The maximum absolute atomic E-state index is 13.1. The predicted molar refractivity (Wildman–Crippen MR) is 117 cm³/mol. The molecule has 164 valence electrons. The van der Waals surface area contributed by atoms with Crippen LogP contribution in [0.15, 0.2) is 53.4 Å². The lowest BCUT2D eigenvalue weighted by molar-refractivity contribution is -0.126. The van der Waals surface area contributed by atoms with Crippen LogP contribution in [0.1, 0.15) is 47.2 Å². The molecule has 4 rings (SSSR count). The number of hydrogen-bond acceptors (Lipinski definition) is 4. The Kier molecular flexibility index (Phi) is 6.38. The Labute approximate surface area is 182 Å². The van der Waals surface area contributed by atoms with E-state index in [0.717, 1.165) is 31.2 Å². The number of nitrogens with one attached hydrogen (secondary N) is 2. The van der Waals surface area contributed by atoms with Gasteiger partial charge in [-0.1, -0.05) is 24.3 Å². The van der Waals surface area contributed by atoms with Crippen LogP contribution in [0.4, 0.5) is 0 Å². The van der Waals surface area contributed by atoms with E-state index in [0.29, 0.717) is 23.3 Å². The van der Waals surface area contributed by atoms with Gasteiger partial charge < -0.3 is 0 Å². The number of piperidine rings is 1. The normalized spacial score (nSPS) is 17.5. The molecule has 0 unspecified atom stereocenters. The maximum atomic E-state index is 13.1. The highest BCUT2D eigenvalue weighted by Crippen LogP contribution is 2.28. The van der Waals surface area contributed by atoms with Gasteiger partial charge in [0.2, 0.25) is 15.9 Å². The Morgan fingerprint density at radius 1 is 0.871 bits per heavy atom. The molecule has 7 nitrogen and oxygen atoms in total. The summed E-state index contributed by atoms with van der Waals surface area (Å²) in [7, 11) is -3.57. The molecule has 2 aromatic carbocycles. The number of aryl methyl sites for hydroxylation is 2. The second kappa shape index (κ2) is 9.20. The van der Waals surface area contributed by atoms with Crippen molar-refractivity contribution < 1.29 is 18.0 Å². The van der Waals surface area contributed by atoms with Gasteiger partial charge in [-0.2, -0.15) is 4.31 Å². The zero-order valence-corrected chi connectivity index (χ0v) is 18.2. The van der Waals surface area contributed by atoms with Crippen LogP contribution < -0.4 is 10.9 Å². The van der Waals surface area contributed by atoms with Crippen molar-refractivity contribution in [1.82, 2.24) is 15.2 Å². The van der Waals surface area contributed by atoms with E-state index < -0.39 is 10.0 Å². The van der Waals surface area contributed by atoms with Crippen molar-refractivity contribution in [2.45, 2.75) is 43.4 Å². The van der Waals surface area contributed by atoms with Crippen molar-refractivity contribution >= 4 is 21.8 Å². The van der Waals surface area contributed by atoms with E-state index in [-0.39, 0.29) is 30.8 Å². The third-order valence-electron chi connectivity index (χ3n) is 6.12. The topological polar surface area (TPSA) is 95.6 Å². The Hall–Kier alpha value is -2.71. The molecule has 0 saturated carbocycles. The molecular formula is C23H27N3O4S. The summed E-state index contributed by atoms with van der Waals surface area (Å²) in [5, 5.41) is 0. The van der Waals surface area contributed by atoms with Gasteiger partial charge in [0, 0.05) is 24.6 Å². The highest BCUT2D eigenvalue weighted by Gasteiger charge is 2.32. The Bertz CT molecular complexity index is 1060. The largest absolute Gasteiger partial charge is 0.273 e. The molecule has 0 aromatic heterocycles. The molecule has 1 heterocycles. The summed E-state index contributed by atoms with van der Waals surface area (Å²) in [4.78, 5) is 24.8. The van der Waals surface area contributed by atoms with Crippen molar-refractivity contribution in [3.05, 3.63) is 65.2 Å². The highest BCUT2D eigenvalue weighted by molar-refractivity contribution is 7.89. The molecule has 2 amide bonds. The minimum absolute atomic E-state index is 0.282. The number of carbonyl (C=O) groups excluding carboxylic acids is 2. The van der Waals surface area contributed by atoms with Crippen molar-refractivity contribution in [3.8, 4) is 0 Å². The first-order valence-corrected chi connectivity index (χ1v) is 12.2. The van der Waals surface area contributed by atoms with Crippen LogP contribution in [-0.4, -0.2) is 37.6 Å². The molecule has 1 saturated heterocycles. The highest BCUT2D eigenvalue weighted by atomic mass is 32.2. The number of fused-ring (bicyclic) bond motifs is 1. The van der Waals surface area contributed by atoms with Gasteiger partial charge in [-0.3, -0.25) is 20.4 Å². The zero-order valence-electron chi connectivity index (χ0n) is 17.3. The molecule has 2 N–H and O–H groups in total. The van der Waals surface area contributed by atoms with Gasteiger partial charge in [-0.25, -0.2) is 8.42 Å². The molecule has 1 aliphatic heterocycles. The number of nitrogens with zero attached hydrogens (tertiary/aromatic N) is 1. The SMILES string of the molecule is O=C(NNC(=O)C1CCN(S(=O)(=O)c2ccc3c(c2)CCCC3)CC1)c1ccccc1. The van der Waals surface area contributed by atoms with Crippen LogP contribution >= 0.6 is 0 Å². The molecule has 1 aliphatic carbocycles. The lowest BCUT2D eigenvalue weighted by Crippen LogP contribution is -2.48. The van der Waals surface area contributed by atoms with Crippen LogP contribution in [0.3, 0.4) is 0 Å². The molecule has 0 bridgehead atoms. The minimum atomic E-state index is -3.57. The second-order valence-electron chi connectivity index (χ2n) is 8.13. The summed E-state index contributed by atoms with van der Waals surface area (Å²) in [6.07, 6.45) is 5.01. The first-order valence-electron chi connectivity index (χ1n) is 10.7. The second-order valence-corrected chi connectivity index (χ2v) is 10.1. The number of benzene rings is 2. The molecule has 0 spiro atoms. The first kappa shape index (κ1) is 21.5. The molecule has 0 radical (unpaired) electrons. The fraction of sp³-hybridized carbons (Fsp3) is 0.391. The van der Waals surface area contributed by atoms with Gasteiger partial charge in [-0.05, 0) is 73.9 Å². The van der Waals surface area contributed by atoms with Gasteiger partial charge in [-0.15, -0.1) is 0 Å². The zero-order chi connectivity index (χ0) is 21.8. The summed E-state index contributed by atoms with van der Waals surface area (Å²) in [5.41, 5.74) is 7.72. The summed E-state index contributed by atoms with van der Waals surface area (Å²) in [5.74, 6) is -1.03. The lowest BCUT2D eigenvalue weighted by Gasteiger charge is -2.30. The summed E-state index contributed by atoms with van der Waals surface area (Å²) in [6.45, 7) is 0.564. The van der Waals surface area contributed by atoms with Crippen LogP contribution in [-0.2, 0) is 27.7 Å². The smallest absolute Gasteiger partial charge is 0.269 e. The van der Waals surface area contributed by atoms with E-state index in [4.69, 9.17) is 0 Å². The number of hydrazine groups is 1. The molecule has 2 aliphatic rings. The Balaban J connectivity index is 1.32. The maximum Gasteiger partial charge on any atom is 0.269 e. The number of sulfonamides is 1. The third kappa shape index (κ3) is 4.80. The van der Waals surface area contributed by atoms with E-state index in [9.17, 15) is 18.0 Å². The molecule has 0 atom stereocenters. The molecule has 1 fully saturated rings. The van der Waals surface area contributed by atoms with E-state index >= 15 is 0 Å². The summed E-state index contributed by atoms with van der Waals surface area (Å²) < 4.78 is 27.6. The van der Waals surface area contributed by atoms with E-state index in [1.54, 1.807) is 36.4 Å². The lowest BCUT2D eigenvalue weighted by atomic mass is 9.92. The molecular weight excluding hydrogens is 414 g/mol. The van der Waals surface area contributed by atoms with Crippen LogP contribution in [0, 0.1) is 5.92 Å². The van der Waals surface area contributed by atoms with Gasteiger partial charge >= 0.3 is 0 Å². The quantitative estimate of drug-likeness (QED) is 0.713. The van der Waals surface area contributed by atoms with Gasteiger partial charge in [0.15, 0.2) is 0 Å². The van der Waals surface area contributed by atoms with Gasteiger partial charge in [0.05, 0.1) is 4.90 Å². The molecule has 2 aromatic rings. The van der Waals surface area contributed by atoms with Crippen molar-refractivity contribution in [2.75, 3.05) is 13.1 Å². The van der Waals surface area contributed by atoms with E-state index in [1.807, 2.05) is 12.1 Å². The predicted octanol–water partition coefficient (Wildman–Crippen LogP) is 2.43. The van der Waals surface area contributed by atoms with Crippen LogP contribution in [0.2, 0.25) is 0 Å². The van der Waals surface area contributed by atoms with Crippen LogP contribution in [0.25, 0.3) is 0 Å². The Morgan fingerprint density at radius 3 is 2.26 bits per heavy atom. The third-order valence-corrected chi connectivity index (χ3v) is 8.01. The average Bonchev–Trinajstić information content (AvgIpc) is 2.82. The van der Waals surface area contributed by atoms with Crippen LogP contribution in [0.5, 0.6) is 0 Å². The summed E-state index contributed by atoms with van der Waals surface area (Å²) in [6, 6.07) is 14.1. The summed E-state index contributed by atoms with van der Waals surface area (Å²) >= 11 is 0. The standard InChI is InChI=1S/C23H27N3O4S/c27-22(18-7-2-1-3-8-18)24-25-23(28)19-12-14-26(15-13-19)31(29,30)21-11-10-17-6-4-5-9-20(17)16-21/h1-3,7-8,10-11,16,19H,4-6,9,12-15H2,(H,24,27)(H,25,28). The van der Waals surface area contributed by atoms with Crippen molar-refractivity contribution in [3.63, 3.8) is 0 Å². The van der Waals surface area contributed by atoms with E-state index in [1.165, 1.54) is 9.87 Å².